The summed E-state index contributed by atoms with van der Waals surface area (Å²) in [5.74, 6) is -0.0166. The van der Waals surface area contributed by atoms with E-state index in [0.29, 0.717) is 10.6 Å². The molecule has 0 bridgehead atoms. The lowest BCUT2D eigenvalue weighted by molar-refractivity contribution is -0.137. The second-order valence-corrected chi connectivity index (χ2v) is 6.23. The Bertz CT molecular complexity index is 688. The zero-order valence-electron chi connectivity index (χ0n) is 15.9. The third-order valence-corrected chi connectivity index (χ3v) is 3.80. The minimum atomic E-state index is -4.40. The highest BCUT2D eigenvalue weighted by atomic mass is 35.5. The van der Waals surface area contributed by atoms with Crippen molar-refractivity contribution in [1.29, 1.82) is 0 Å². The molecule has 0 spiro atoms. The van der Waals surface area contributed by atoms with E-state index >= 15 is 0 Å². The predicted molar refractivity (Wildman–Crippen MR) is 101 cm³/mol. The average molecular weight is 391 g/mol. The van der Waals surface area contributed by atoms with Gasteiger partial charge in [0.25, 0.3) is 0 Å². The number of rotatable bonds is 1. The van der Waals surface area contributed by atoms with E-state index in [2.05, 4.69) is 0 Å². The van der Waals surface area contributed by atoms with E-state index in [0.717, 1.165) is 23.3 Å². The van der Waals surface area contributed by atoms with Crippen molar-refractivity contribution < 1.29 is 23.4 Å². The maximum Gasteiger partial charge on any atom is 0.416 e. The minimum Gasteiger partial charge on any atom is -0.508 e. The fourth-order valence-electron chi connectivity index (χ4n) is 2.01. The largest absolute Gasteiger partial charge is 0.508 e. The predicted octanol–water partition coefficient (Wildman–Crippen LogP) is 7.22. The Labute approximate surface area is 158 Å². The second-order valence-electron chi connectivity index (χ2n) is 5.79. The molecule has 0 aliphatic rings. The van der Waals surface area contributed by atoms with Crippen LogP contribution < -0.4 is 0 Å². The third kappa shape index (κ3) is 7.16. The van der Waals surface area contributed by atoms with Crippen molar-refractivity contribution >= 4 is 11.6 Å². The number of phenolic OH excluding ortho intramolecular Hbond substituents is 2. The summed E-state index contributed by atoms with van der Waals surface area (Å²) in [6.07, 6.45) is -4.40. The first kappa shape index (κ1) is 24.1. The Balaban J connectivity index is 0.000000458. The smallest absolute Gasteiger partial charge is 0.416 e. The number of aromatic hydroxyl groups is 2. The van der Waals surface area contributed by atoms with Crippen molar-refractivity contribution in [3.8, 4) is 11.5 Å². The van der Waals surface area contributed by atoms with Crippen molar-refractivity contribution in [1.82, 2.24) is 0 Å². The molecule has 0 saturated carbocycles. The van der Waals surface area contributed by atoms with Gasteiger partial charge in [0.05, 0.1) is 5.56 Å². The van der Waals surface area contributed by atoms with Crippen LogP contribution in [0.15, 0.2) is 30.3 Å². The van der Waals surface area contributed by atoms with Gasteiger partial charge in [-0.2, -0.15) is 13.2 Å². The zero-order chi connectivity index (χ0) is 20.7. The van der Waals surface area contributed by atoms with E-state index in [1.54, 1.807) is 6.07 Å². The van der Waals surface area contributed by atoms with Crippen molar-refractivity contribution in [3.05, 3.63) is 57.6 Å². The molecule has 2 N–H and O–H groups in total. The molecule has 0 unspecified atom stereocenters. The van der Waals surface area contributed by atoms with Gasteiger partial charge in [-0.3, -0.25) is 0 Å². The van der Waals surface area contributed by atoms with Gasteiger partial charge in [-0.15, -0.1) is 0 Å². The van der Waals surface area contributed by atoms with Crippen LogP contribution in [0.25, 0.3) is 0 Å². The van der Waals surface area contributed by atoms with Crippen LogP contribution in [0.3, 0.4) is 0 Å². The highest BCUT2D eigenvalue weighted by Crippen LogP contribution is 2.34. The van der Waals surface area contributed by atoms with Crippen LogP contribution in [0, 0.1) is 13.8 Å². The van der Waals surface area contributed by atoms with Crippen molar-refractivity contribution in [2.75, 3.05) is 0 Å². The maximum absolute atomic E-state index is 12.2. The summed E-state index contributed by atoms with van der Waals surface area (Å²) in [7, 11) is 0. The lowest BCUT2D eigenvalue weighted by Crippen LogP contribution is -2.05. The van der Waals surface area contributed by atoms with Gasteiger partial charge in [-0.1, -0.05) is 45.4 Å². The monoisotopic (exact) mass is 390 g/mol. The summed E-state index contributed by atoms with van der Waals surface area (Å²) in [6, 6.07) is 6.42. The van der Waals surface area contributed by atoms with Gasteiger partial charge in [0.15, 0.2) is 0 Å². The van der Waals surface area contributed by atoms with Crippen LogP contribution in [0.1, 0.15) is 55.9 Å². The SMILES string of the molecule is CC.CC(C)c1ccc(C(F)(F)F)cc1O.Cc1cc(Cl)cc(O)c1C. The second kappa shape index (κ2) is 10.3. The zero-order valence-corrected chi connectivity index (χ0v) is 16.6. The average Bonchev–Trinajstić information content (AvgIpc) is 2.53. The van der Waals surface area contributed by atoms with E-state index < -0.39 is 11.7 Å². The molecule has 0 amide bonds. The van der Waals surface area contributed by atoms with Gasteiger partial charge in [0, 0.05) is 5.02 Å². The van der Waals surface area contributed by atoms with Crippen LogP contribution in [-0.2, 0) is 6.18 Å². The standard InChI is InChI=1S/C10H11F3O.C8H9ClO.C2H6/c1-6(2)8-4-3-7(5-9(8)14)10(11,12)13;1-5-3-7(9)4-8(10)6(5)2;1-2/h3-6,14H,1-2H3;3-4,10H,1-2H3;1-2H3. The first-order chi connectivity index (χ1) is 11.9. The van der Waals surface area contributed by atoms with Crippen LogP contribution in [0.2, 0.25) is 5.02 Å². The minimum absolute atomic E-state index is 0.0114. The molecule has 0 saturated heterocycles. The lowest BCUT2D eigenvalue weighted by Gasteiger charge is -2.11. The van der Waals surface area contributed by atoms with Crippen molar-refractivity contribution in [2.24, 2.45) is 0 Å². The summed E-state index contributed by atoms with van der Waals surface area (Å²) in [6.45, 7) is 11.4. The molecule has 0 atom stereocenters. The molecule has 146 valence electrons. The van der Waals surface area contributed by atoms with Gasteiger partial charge >= 0.3 is 6.18 Å². The van der Waals surface area contributed by atoms with E-state index in [4.69, 9.17) is 11.6 Å². The topological polar surface area (TPSA) is 40.5 Å². The van der Waals surface area contributed by atoms with Crippen molar-refractivity contribution in [3.63, 3.8) is 0 Å². The normalized spacial score (nSPS) is 10.6. The molecule has 2 aromatic rings. The highest BCUT2D eigenvalue weighted by molar-refractivity contribution is 6.30. The lowest BCUT2D eigenvalue weighted by atomic mass is 10.0. The van der Waals surface area contributed by atoms with E-state index in [1.165, 1.54) is 6.07 Å². The summed E-state index contributed by atoms with van der Waals surface area (Å²) < 4.78 is 36.6. The van der Waals surface area contributed by atoms with Gasteiger partial charge in [0.2, 0.25) is 0 Å². The van der Waals surface area contributed by atoms with Gasteiger partial charge in [-0.05, 0) is 60.7 Å². The Morgan fingerprint density at radius 1 is 0.923 bits per heavy atom. The quantitative estimate of drug-likeness (QED) is 0.539. The molecule has 6 heteroatoms. The maximum atomic E-state index is 12.2. The number of halogens is 4. The van der Waals surface area contributed by atoms with Gasteiger partial charge in [-0.25, -0.2) is 0 Å². The summed E-state index contributed by atoms with van der Waals surface area (Å²) in [4.78, 5) is 0. The summed E-state index contributed by atoms with van der Waals surface area (Å²) >= 11 is 5.66. The van der Waals surface area contributed by atoms with Crippen LogP contribution in [0.5, 0.6) is 11.5 Å². The molecule has 0 aliphatic heterocycles. The number of hydrogen-bond donors (Lipinski definition) is 2. The number of hydrogen-bond acceptors (Lipinski definition) is 2. The molecular weight excluding hydrogens is 365 g/mol. The Kier molecular flexibility index (Phi) is 9.57. The number of alkyl halides is 3. The Morgan fingerprint density at radius 2 is 1.46 bits per heavy atom. The van der Waals surface area contributed by atoms with E-state index in [-0.39, 0.29) is 17.4 Å². The molecule has 0 fully saturated rings. The van der Waals surface area contributed by atoms with Crippen LogP contribution >= 0.6 is 11.6 Å². The molecule has 0 aromatic heterocycles. The fraction of sp³-hybridized carbons (Fsp3) is 0.400. The summed E-state index contributed by atoms with van der Waals surface area (Å²) in [5.41, 5.74) is 1.62. The Morgan fingerprint density at radius 3 is 1.85 bits per heavy atom. The number of phenols is 2. The molecule has 2 aromatic carbocycles. The van der Waals surface area contributed by atoms with Gasteiger partial charge in [0.1, 0.15) is 11.5 Å². The van der Waals surface area contributed by atoms with E-state index in [1.807, 2.05) is 47.6 Å². The van der Waals surface area contributed by atoms with E-state index in [9.17, 15) is 23.4 Å². The molecule has 0 aliphatic carbocycles. The summed E-state index contributed by atoms with van der Waals surface area (Å²) in [5, 5.41) is 19.1. The first-order valence-corrected chi connectivity index (χ1v) is 8.67. The molecule has 26 heavy (non-hydrogen) atoms. The van der Waals surface area contributed by atoms with Crippen LogP contribution in [-0.4, -0.2) is 10.2 Å². The number of benzene rings is 2. The van der Waals surface area contributed by atoms with Crippen LogP contribution in [0.4, 0.5) is 13.2 Å². The molecule has 0 radical (unpaired) electrons. The fourth-order valence-corrected chi connectivity index (χ4v) is 2.27. The molecule has 2 rings (SSSR count). The molecule has 2 nitrogen and oxygen atoms in total. The molecular formula is C20H26ClF3O2. The Hall–Kier alpha value is -1.88. The molecule has 0 heterocycles. The van der Waals surface area contributed by atoms with Crippen molar-refractivity contribution in [2.45, 2.75) is 53.6 Å². The highest BCUT2D eigenvalue weighted by Gasteiger charge is 2.31. The third-order valence-electron chi connectivity index (χ3n) is 3.58. The van der Waals surface area contributed by atoms with Gasteiger partial charge < -0.3 is 10.2 Å². The first-order valence-electron chi connectivity index (χ1n) is 8.29. The number of aryl methyl sites for hydroxylation is 1.